The Balaban J connectivity index is 2.47. The molecule has 0 aliphatic carbocycles. The molecule has 1 aromatic heterocycles. The van der Waals surface area contributed by atoms with Crippen molar-refractivity contribution in [3.8, 4) is 0 Å². The lowest BCUT2D eigenvalue weighted by atomic mass is 10.1. The number of benzene rings is 1. The number of hydrogen-bond acceptors (Lipinski definition) is 2. The van der Waals surface area contributed by atoms with Gasteiger partial charge < -0.3 is 9.67 Å². The van der Waals surface area contributed by atoms with Crippen LogP contribution in [0.3, 0.4) is 0 Å². The molecule has 0 saturated heterocycles. The second kappa shape index (κ2) is 3.94. The molecular weight excluding hydrogens is 256 g/mol. The fourth-order valence-electron chi connectivity index (χ4n) is 1.60. The van der Waals surface area contributed by atoms with Crippen LogP contribution in [0.25, 0.3) is 11.0 Å². The van der Waals surface area contributed by atoms with Crippen LogP contribution in [0.15, 0.2) is 24.5 Å². The normalized spacial score (nSPS) is 15.5. The summed E-state index contributed by atoms with van der Waals surface area (Å²) in [6, 6.07) is 5.85. The smallest absolute Gasteiger partial charge is 0.0955 e. The minimum absolute atomic E-state index is 0.0404. The molecule has 2 rings (SSSR count). The Labute approximate surface area is 96.9 Å². The molecule has 1 aromatic carbocycles. The van der Waals surface area contributed by atoms with Crippen LogP contribution in [0, 0.1) is 0 Å². The van der Waals surface area contributed by atoms with E-state index in [4.69, 9.17) is 0 Å². The third kappa shape index (κ3) is 1.92. The highest BCUT2D eigenvalue weighted by Crippen LogP contribution is 2.24. The summed E-state index contributed by atoms with van der Waals surface area (Å²) in [4.78, 5) is 4.30. The van der Waals surface area contributed by atoms with Gasteiger partial charge in [-0.3, -0.25) is 0 Å². The molecule has 4 heteroatoms. The van der Waals surface area contributed by atoms with Gasteiger partial charge in [0.1, 0.15) is 0 Å². The fourth-order valence-corrected chi connectivity index (χ4v) is 1.91. The van der Waals surface area contributed by atoms with Crippen molar-refractivity contribution in [1.29, 1.82) is 0 Å². The van der Waals surface area contributed by atoms with E-state index >= 15 is 0 Å². The molecule has 0 amide bonds. The minimum atomic E-state index is -0.489. The summed E-state index contributed by atoms with van der Waals surface area (Å²) in [5, 5.41) is 9.88. The number of aliphatic hydroxyl groups excluding tert-OH is 1. The molecule has 0 radical (unpaired) electrons. The maximum Gasteiger partial charge on any atom is 0.0955 e. The predicted octanol–water partition coefficient (Wildman–Crippen LogP) is 2.39. The third-order valence-corrected chi connectivity index (χ3v) is 3.03. The first-order valence-corrected chi connectivity index (χ1v) is 5.74. The molecule has 1 heterocycles. The van der Waals surface area contributed by atoms with Crippen molar-refractivity contribution in [2.24, 2.45) is 7.05 Å². The zero-order chi connectivity index (χ0) is 11.0. The summed E-state index contributed by atoms with van der Waals surface area (Å²) in [5.41, 5.74) is 2.89. The number of hydrogen-bond donors (Lipinski definition) is 1. The van der Waals surface area contributed by atoms with E-state index in [0.29, 0.717) is 0 Å². The number of alkyl halides is 1. The van der Waals surface area contributed by atoms with Crippen LogP contribution in [0.2, 0.25) is 0 Å². The highest BCUT2D eigenvalue weighted by molar-refractivity contribution is 9.09. The zero-order valence-electron chi connectivity index (χ0n) is 8.68. The molecule has 0 fully saturated rings. The highest BCUT2D eigenvalue weighted by Gasteiger charge is 2.14. The van der Waals surface area contributed by atoms with Crippen LogP contribution in [0.1, 0.15) is 18.6 Å². The Hall–Kier alpha value is -0.870. The number of fused-ring (bicyclic) bond motifs is 1. The van der Waals surface area contributed by atoms with E-state index in [1.807, 2.05) is 36.7 Å². The summed E-state index contributed by atoms with van der Waals surface area (Å²) in [6.45, 7) is 1.92. The predicted molar refractivity (Wildman–Crippen MR) is 64.1 cm³/mol. The Morgan fingerprint density at radius 2 is 2.20 bits per heavy atom. The molecule has 0 spiro atoms. The Bertz CT molecular complexity index is 478. The number of aliphatic hydroxyl groups is 1. The molecule has 2 atom stereocenters. The molecule has 2 unspecified atom stereocenters. The van der Waals surface area contributed by atoms with Crippen LogP contribution < -0.4 is 0 Å². The molecule has 15 heavy (non-hydrogen) atoms. The molecule has 0 saturated carbocycles. The number of halogens is 1. The highest BCUT2D eigenvalue weighted by atomic mass is 79.9. The van der Waals surface area contributed by atoms with E-state index < -0.39 is 6.10 Å². The van der Waals surface area contributed by atoms with Gasteiger partial charge in [-0.1, -0.05) is 22.0 Å². The Morgan fingerprint density at radius 1 is 1.47 bits per heavy atom. The first-order chi connectivity index (χ1) is 7.09. The fraction of sp³-hybridized carbons (Fsp3) is 0.364. The van der Waals surface area contributed by atoms with Crippen molar-refractivity contribution in [3.63, 3.8) is 0 Å². The SMILES string of the molecule is CC(Br)C(O)c1ccc2c(c1)ncn2C. The molecule has 0 aliphatic rings. The number of aromatic nitrogens is 2. The summed E-state index contributed by atoms with van der Waals surface area (Å²) in [7, 11) is 1.96. The van der Waals surface area contributed by atoms with Crippen molar-refractivity contribution in [3.05, 3.63) is 30.1 Å². The minimum Gasteiger partial charge on any atom is -0.387 e. The molecule has 0 aliphatic heterocycles. The summed E-state index contributed by atoms with van der Waals surface area (Å²) in [5.74, 6) is 0. The Morgan fingerprint density at radius 3 is 2.87 bits per heavy atom. The van der Waals surface area contributed by atoms with Gasteiger partial charge in [0.2, 0.25) is 0 Å². The average molecular weight is 269 g/mol. The Kier molecular flexibility index (Phi) is 2.80. The van der Waals surface area contributed by atoms with E-state index in [1.54, 1.807) is 6.33 Å². The zero-order valence-corrected chi connectivity index (χ0v) is 10.3. The van der Waals surface area contributed by atoms with E-state index in [-0.39, 0.29) is 4.83 Å². The van der Waals surface area contributed by atoms with Gasteiger partial charge in [-0.25, -0.2) is 4.98 Å². The van der Waals surface area contributed by atoms with E-state index in [0.717, 1.165) is 16.6 Å². The van der Waals surface area contributed by atoms with Gasteiger partial charge in [0, 0.05) is 11.9 Å². The van der Waals surface area contributed by atoms with Crippen molar-refractivity contribution in [2.45, 2.75) is 17.9 Å². The number of rotatable bonds is 2. The molecule has 3 nitrogen and oxygen atoms in total. The van der Waals surface area contributed by atoms with Crippen molar-refractivity contribution >= 4 is 27.0 Å². The monoisotopic (exact) mass is 268 g/mol. The first-order valence-electron chi connectivity index (χ1n) is 4.82. The molecule has 0 bridgehead atoms. The van der Waals surface area contributed by atoms with Gasteiger partial charge >= 0.3 is 0 Å². The van der Waals surface area contributed by atoms with Crippen LogP contribution >= 0.6 is 15.9 Å². The van der Waals surface area contributed by atoms with E-state index in [1.165, 1.54) is 0 Å². The molecule has 2 aromatic rings. The lowest BCUT2D eigenvalue weighted by Gasteiger charge is -2.13. The van der Waals surface area contributed by atoms with Gasteiger partial charge in [0.15, 0.2) is 0 Å². The van der Waals surface area contributed by atoms with Crippen molar-refractivity contribution in [1.82, 2.24) is 9.55 Å². The van der Waals surface area contributed by atoms with Gasteiger partial charge in [-0.15, -0.1) is 0 Å². The van der Waals surface area contributed by atoms with Gasteiger partial charge in [-0.05, 0) is 24.6 Å². The molecule has 80 valence electrons. The number of imidazole rings is 1. The van der Waals surface area contributed by atoms with Gasteiger partial charge in [0.25, 0.3) is 0 Å². The van der Waals surface area contributed by atoms with Gasteiger partial charge in [0.05, 0.1) is 23.5 Å². The topological polar surface area (TPSA) is 38.1 Å². The largest absolute Gasteiger partial charge is 0.387 e. The summed E-state index contributed by atoms with van der Waals surface area (Å²) < 4.78 is 1.96. The second-order valence-electron chi connectivity index (χ2n) is 3.73. The van der Waals surface area contributed by atoms with Gasteiger partial charge in [-0.2, -0.15) is 0 Å². The van der Waals surface area contributed by atoms with Crippen LogP contribution in [0.5, 0.6) is 0 Å². The summed E-state index contributed by atoms with van der Waals surface area (Å²) in [6.07, 6.45) is 1.29. The lowest BCUT2D eigenvalue weighted by Crippen LogP contribution is -2.07. The quantitative estimate of drug-likeness (QED) is 0.850. The average Bonchev–Trinajstić information content (AvgIpc) is 2.59. The van der Waals surface area contributed by atoms with Crippen molar-refractivity contribution in [2.75, 3.05) is 0 Å². The second-order valence-corrected chi connectivity index (χ2v) is 5.17. The lowest BCUT2D eigenvalue weighted by molar-refractivity contribution is 0.181. The first kappa shape index (κ1) is 10.6. The number of aryl methyl sites for hydroxylation is 1. The van der Waals surface area contributed by atoms with Crippen molar-refractivity contribution < 1.29 is 5.11 Å². The van der Waals surface area contributed by atoms with E-state index in [2.05, 4.69) is 20.9 Å². The van der Waals surface area contributed by atoms with Crippen LogP contribution in [0.4, 0.5) is 0 Å². The summed E-state index contributed by atoms with van der Waals surface area (Å²) >= 11 is 3.37. The maximum atomic E-state index is 9.88. The molecular formula is C11H13BrN2O. The van der Waals surface area contributed by atoms with Crippen LogP contribution in [-0.4, -0.2) is 19.5 Å². The maximum absolute atomic E-state index is 9.88. The molecule has 1 N–H and O–H groups in total. The third-order valence-electron chi connectivity index (χ3n) is 2.53. The standard InChI is InChI=1S/C11H13BrN2O/c1-7(12)11(15)8-3-4-10-9(5-8)13-6-14(10)2/h3-7,11,15H,1-2H3. The number of nitrogens with zero attached hydrogens (tertiary/aromatic N) is 2. The van der Waals surface area contributed by atoms with Crippen LogP contribution in [-0.2, 0) is 7.05 Å². The van der Waals surface area contributed by atoms with E-state index in [9.17, 15) is 5.11 Å².